The monoisotopic (exact) mass is 270 g/mol. The first-order valence-corrected chi connectivity index (χ1v) is 6.08. The number of aliphatic hydroxyl groups excluding tert-OH is 1. The van der Waals surface area contributed by atoms with Crippen molar-refractivity contribution in [2.45, 2.75) is 18.6 Å². The van der Waals surface area contributed by atoms with Gasteiger partial charge in [0.25, 0.3) is 0 Å². The number of rotatable bonds is 3. The third-order valence-electron chi connectivity index (χ3n) is 3.43. The van der Waals surface area contributed by atoms with Crippen molar-refractivity contribution in [3.8, 4) is 0 Å². The number of β-amino-alcohol motifs (C(OH)–C–C–N with tert-alkyl or cyclic N) is 1. The second-order valence-corrected chi connectivity index (χ2v) is 4.67. The van der Waals surface area contributed by atoms with Crippen LogP contribution in [-0.4, -0.2) is 48.2 Å². The van der Waals surface area contributed by atoms with Crippen molar-refractivity contribution in [2.75, 3.05) is 20.1 Å². The summed E-state index contributed by atoms with van der Waals surface area (Å²) in [6, 6.07) is 3.14. The fraction of sp³-hybridized carbons (Fsp3) is 0.462. The van der Waals surface area contributed by atoms with E-state index in [9.17, 15) is 18.7 Å². The summed E-state index contributed by atoms with van der Waals surface area (Å²) in [6.07, 6.45) is -1.00. The SMILES string of the molecule is CN(C(=O)Cc1c(F)cccc1F)[C@H]1CNC[C@@H]1O. The lowest BCUT2D eigenvalue weighted by Crippen LogP contribution is -2.45. The number of carbonyl (C=O) groups excluding carboxylic acids is 1. The normalized spacial score (nSPS) is 22.5. The molecule has 1 aliphatic heterocycles. The number of hydrogen-bond donors (Lipinski definition) is 2. The van der Waals surface area contributed by atoms with Crippen LogP contribution in [-0.2, 0) is 11.2 Å². The zero-order chi connectivity index (χ0) is 14.0. The Morgan fingerprint density at radius 3 is 2.58 bits per heavy atom. The number of benzene rings is 1. The van der Waals surface area contributed by atoms with E-state index in [0.717, 1.165) is 12.1 Å². The number of halogens is 2. The largest absolute Gasteiger partial charge is 0.390 e. The third-order valence-corrected chi connectivity index (χ3v) is 3.43. The van der Waals surface area contributed by atoms with Gasteiger partial charge in [-0.25, -0.2) is 8.78 Å². The Morgan fingerprint density at radius 2 is 2.05 bits per heavy atom. The molecule has 1 amide bonds. The molecule has 1 heterocycles. The molecule has 1 aromatic carbocycles. The van der Waals surface area contributed by atoms with Crippen LogP contribution in [0.25, 0.3) is 0 Å². The van der Waals surface area contributed by atoms with Gasteiger partial charge in [0.1, 0.15) is 11.6 Å². The second kappa shape index (κ2) is 5.63. The highest BCUT2D eigenvalue weighted by atomic mass is 19.1. The van der Waals surface area contributed by atoms with Crippen molar-refractivity contribution in [1.29, 1.82) is 0 Å². The molecule has 2 N–H and O–H groups in total. The highest BCUT2D eigenvalue weighted by molar-refractivity contribution is 5.79. The number of hydrogen-bond acceptors (Lipinski definition) is 3. The van der Waals surface area contributed by atoms with Crippen LogP contribution in [0, 0.1) is 11.6 Å². The van der Waals surface area contributed by atoms with Crippen LogP contribution in [0.15, 0.2) is 18.2 Å². The zero-order valence-electron chi connectivity index (χ0n) is 10.6. The summed E-state index contributed by atoms with van der Waals surface area (Å²) >= 11 is 0. The van der Waals surface area contributed by atoms with Gasteiger partial charge >= 0.3 is 0 Å². The molecule has 0 radical (unpaired) electrons. The van der Waals surface area contributed by atoms with Gasteiger partial charge in [-0.1, -0.05) is 6.07 Å². The second-order valence-electron chi connectivity index (χ2n) is 4.67. The molecule has 1 fully saturated rings. The van der Waals surface area contributed by atoms with Crippen molar-refractivity contribution >= 4 is 5.91 Å². The summed E-state index contributed by atoms with van der Waals surface area (Å²) in [5, 5.41) is 12.6. The van der Waals surface area contributed by atoms with Crippen LogP contribution >= 0.6 is 0 Å². The molecule has 0 spiro atoms. The summed E-state index contributed by atoms with van der Waals surface area (Å²) in [7, 11) is 1.53. The van der Waals surface area contributed by atoms with E-state index in [1.165, 1.54) is 18.0 Å². The van der Waals surface area contributed by atoms with Crippen LogP contribution in [0.4, 0.5) is 8.78 Å². The molecule has 6 heteroatoms. The molecule has 0 saturated carbocycles. The average molecular weight is 270 g/mol. The highest BCUT2D eigenvalue weighted by Gasteiger charge is 2.31. The summed E-state index contributed by atoms with van der Waals surface area (Å²) in [4.78, 5) is 13.3. The van der Waals surface area contributed by atoms with E-state index in [2.05, 4.69) is 5.32 Å². The first-order chi connectivity index (χ1) is 9.00. The molecule has 0 aromatic heterocycles. The van der Waals surface area contributed by atoms with Crippen molar-refractivity contribution in [3.05, 3.63) is 35.4 Å². The number of aliphatic hydroxyl groups is 1. The van der Waals surface area contributed by atoms with E-state index >= 15 is 0 Å². The Labute approximate surface area is 110 Å². The third kappa shape index (κ3) is 2.90. The van der Waals surface area contributed by atoms with Crippen molar-refractivity contribution in [1.82, 2.24) is 10.2 Å². The molecule has 2 rings (SSSR count). The van der Waals surface area contributed by atoms with Crippen molar-refractivity contribution < 1.29 is 18.7 Å². The fourth-order valence-corrected chi connectivity index (χ4v) is 2.21. The van der Waals surface area contributed by atoms with Crippen LogP contribution in [0.5, 0.6) is 0 Å². The van der Waals surface area contributed by atoms with Crippen LogP contribution in [0.1, 0.15) is 5.56 Å². The fourth-order valence-electron chi connectivity index (χ4n) is 2.21. The lowest BCUT2D eigenvalue weighted by molar-refractivity contribution is -0.132. The van der Waals surface area contributed by atoms with Crippen molar-refractivity contribution in [2.24, 2.45) is 0 Å². The Balaban J connectivity index is 2.08. The molecule has 4 nitrogen and oxygen atoms in total. The smallest absolute Gasteiger partial charge is 0.227 e. The van der Waals surface area contributed by atoms with Gasteiger partial charge < -0.3 is 15.3 Å². The standard InChI is InChI=1S/C13H16F2N2O2/c1-17(11-6-16-7-12(11)18)13(19)5-8-9(14)3-2-4-10(8)15/h2-4,11-12,16,18H,5-7H2,1H3/t11-,12-/m0/s1. The Kier molecular flexibility index (Phi) is 4.11. The van der Waals surface area contributed by atoms with Gasteiger partial charge in [-0.3, -0.25) is 4.79 Å². The van der Waals surface area contributed by atoms with Gasteiger partial charge in [-0.2, -0.15) is 0 Å². The quantitative estimate of drug-likeness (QED) is 0.830. The van der Waals surface area contributed by atoms with E-state index in [-0.39, 0.29) is 18.0 Å². The van der Waals surface area contributed by atoms with E-state index < -0.39 is 23.6 Å². The molecule has 1 saturated heterocycles. The number of amides is 1. The lowest BCUT2D eigenvalue weighted by Gasteiger charge is -2.26. The molecule has 0 bridgehead atoms. The maximum absolute atomic E-state index is 13.5. The number of nitrogens with zero attached hydrogens (tertiary/aromatic N) is 1. The lowest BCUT2D eigenvalue weighted by atomic mass is 10.1. The topological polar surface area (TPSA) is 52.6 Å². The van der Waals surface area contributed by atoms with Crippen LogP contribution < -0.4 is 5.32 Å². The summed E-state index contributed by atoms with van der Waals surface area (Å²) in [6.45, 7) is 0.888. The highest BCUT2D eigenvalue weighted by Crippen LogP contribution is 2.15. The van der Waals surface area contributed by atoms with E-state index in [1.807, 2.05) is 0 Å². The molecule has 0 unspecified atom stereocenters. The Bertz CT molecular complexity index is 461. The molecule has 2 atom stereocenters. The minimum absolute atomic E-state index is 0.236. The first kappa shape index (κ1) is 13.9. The summed E-state index contributed by atoms with van der Waals surface area (Å²) in [5.41, 5.74) is -0.236. The van der Waals surface area contributed by atoms with Gasteiger partial charge in [0, 0.05) is 25.7 Å². The van der Waals surface area contributed by atoms with E-state index in [4.69, 9.17) is 0 Å². The summed E-state index contributed by atoms with van der Waals surface area (Å²) in [5.74, 6) is -1.88. The molecular weight excluding hydrogens is 254 g/mol. The first-order valence-electron chi connectivity index (χ1n) is 6.08. The van der Waals surface area contributed by atoms with Crippen molar-refractivity contribution in [3.63, 3.8) is 0 Å². The molecule has 1 aromatic rings. The molecule has 0 aliphatic carbocycles. The van der Waals surface area contributed by atoms with Gasteiger partial charge in [0.05, 0.1) is 18.6 Å². The molecular formula is C13H16F2N2O2. The number of nitrogens with one attached hydrogen (secondary N) is 1. The van der Waals surface area contributed by atoms with Gasteiger partial charge in [0.15, 0.2) is 0 Å². The maximum atomic E-state index is 13.5. The van der Waals surface area contributed by atoms with E-state index in [1.54, 1.807) is 0 Å². The predicted octanol–water partition coefficient (Wildman–Crippen LogP) is 0.298. The Morgan fingerprint density at radius 1 is 1.42 bits per heavy atom. The molecule has 104 valence electrons. The van der Waals surface area contributed by atoms with Gasteiger partial charge in [0.2, 0.25) is 5.91 Å². The molecule has 1 aliphatic rings. The minimum atomic E-state index is -0.730. The predicted molar refractivity (Wildman–Crippen MR) is 65.5 cm³/mol. The maximum Gasteiger partial charge on any atom is 0.227 e. The Hall–Kier alpha value is -1.53. The van der Waals surface area contributed by atoms with Gasteiger partial charge in [-0.15, -0.1) is 0 Å². The molecule has 19 heavy (non-hydrogen) atoms. The number of carbonyl (C=O) groups is 1. The van der Waals surface area contributed by atoms with Crippen LogP contribution in [0.2, 0.25) is 0 Å². The minimum Gasteiger partial charge on any atom is -0.390 e. The van der Waals surface area contributed by atoms with Crippen LogP contribution in [0.3, 0.4) is 0 Å². The van der Waals surface area contributed by atoms with E-state index in [0.29, 0.717) is 13.1 Å². The number of likely N-dealkylation sites (N-methyl/N-ethyl adjacent to an activating group) is 1. The zero-order valence-corrected chi connectivity index (χ0v) is 10.6. The van der Waals surface area contributed by atoms with Gasteiger partial charge in [-0.05, 0) is 12.1 Å². The summed E-state index contributed by atoms with van der Waals surface area (Å²) < 4.78 is 26.9. The average Bonchev–Trinajstić information content (AvgIpc) is 2.79.